The maximum absolute atomic E-state index is 13.4. The summed E-state index contributed by atoms with van der Waals surface area (Å²) in [4.78, 5) is 22.2. The van der Waals surface area contributed by atoms with Gasteiger partial charge in [-0.15, -0.1) is 5.10 Å². The highest BCUT2D eigenvalue weighted by Gasteiger charge is 2.22. The number of aromatic nitrogens is 4. The number of carbonyl (C=O) groups excluding carboxylic acids is 1. The Labute approximate surface area is 179 Å². The van der Waals surface area contributed by atoms with Gasteiger partial charge in [0.25, 0.3) is 5.91 Å². The third-order valence-electron chi connectivity index (χ3n) is 5.16. The molecule has 0 radical (unpaired) electrons. The largest absolute Gasteiger partial charge is 0.309 e. The Morgan fingerprint density at radius 3 is 2.60 bits per heavy atom. The number of para-hydroxylation sites is 1. The van der Waals surface area contributed by atoms with Crippen molar-refractivity contribution in [3.05, 3.63) is 47.5 Å². The Hall–Kier alpha value is -2.84. The maximum atomic E-state index is 13.4. The summed E-state index contributed by atoms with van der Waals surface area (Å²) in [6.45, 7) is 5.80. The molecule has 0 bridgehead atoms. The van der Waals surface area contributed by atoms with Gasteiger partial charge in [-0.05, 0) is 64.2 Å². The molecule has 0 saturated heterocycles. The third kappa shape index (κ3) is 4.06. The SMILES string of the molecule is Cc1ccc(C)c2sc(N(CCCN(C)C)C(=O)Cn3nnc4ccccc43)nc12. The second-order valence-corrected chi connectivity index (χ2v) is 8.79. The van der Waals surface area contributed by atoms with Gasteiger partial charge in [0, 0.05) is 6.54 Å². The van der Waals surface area contributed by atoms with Crippen LogP contribution in [0.3, 0.4) is 0 Å². The molecule has 0 atom stereocenters. The summed E-state index contributed by atoms with van der Waals surface area (Å²) in [6, 6.07) is 11.9. The van der Waals surface area contributed by atoms with Crippen molar-refractivity contribution >= 4 is 43.6 Å². The molecule has 4 rings (SSSR count). The molecule has 0 aliphatic rings. The molecule has 0 spiro atoms. The van der Waals surface area contributed by atoms with Gasteiger partial charge in [0.2, 0.25) is 0 Å². The summed E-state index contributed by atoms with van der Waals surface area (Å²) in [5.74, 6) is -0.0289. The van der Waals surface area contributed by atoms with Crippen molar-refractivity contribution in [2.24, 2.45) is 0 Å². The predicted octanol–water partition coefficient (Wildman–Crippen LogP) is 3.64. The minimum Gasteiger partial charge on any atom is -0.309 e. The van der Waals surface area contributed by atoms with Crippen LogP contribution < -0.4 is 4.90 Å². The molecule has 156 valence electrons. The first-order valence-electron chi connectivity index (χ1n) is 10.0. The fourth-order valence-corrected chi connectivity index (χ4v) is 4.64. The maximum Gasteiger partial charge on any atom is 0.250 e. The lowest BCUT2D eigenvalue weighted by Crippen LogP contribution is -2.36. The second kappa shape index (κ2) is 8.49. The molecule has 0 saturated carbocycles. The molecule has 0 aliphatic heterocycles. The van der Waals surface area contributed by atoms with Gasteiger partial charge < -0.3 is 4.90 Å². The number of hydrogen-bond donors (Lipinski definition) is 0. The first-order valence-corrected chi connectivity index (χ1v) is 10.9. The molecule has 0 unspecified atom stereocenters. The Balaban J connectivity index is 1.66. The van der Waals surface area contributed by atoms with Crippen LogP contribution in [0.5, 0.6) is 0 Å². The van der Waals surface area contributed by atoms with Crippen molar-refractivity contribution in [3.63, 3.8) is 0 Å². The summed E-state index contributed by atoms with van der Waals surface area (Å²) in [6.07, 6.45) is 0.866. The number of rotatable bonds is 7. The second-order valence-electron chi connectivity index (χ2n) is 7.81. The number of benzene rings is 2. The zero-order valence-corrected chi connectivity index (χ0v) is 18.6. The van der Waals surface area contributed by atoms with Gasteiger partial charge in [0.05, 0.1) is 15.7 Å². The van der Waals surface area contributed by atoms with E-state index in [-0.39, 0.29) is 12.5 Å². The van der Waals surface area contributed by atoms with Crippen LogP contribution in [0.2, 0.25) is 0 Å². The number of nitrogens with zero attached hydrogens (tertiary/aromatic N) is 6. The van der Waals surface area contributed by atoms with E-state index in [1.165, 1.54) is 5.56 Å². The smallest absolute Gasteiger partial charge is 0.250 e. The van der Waals surface area contributed by atoms with Crippen molar-refractivity contribution in [2.75, 3.05) is 32.1 Å². The van der Waals surface area contributed by atoms with E-state index in [4.69, 9.17) is 4.98 Å². The number of fused-ring (bicyclic) bond motifs is 2. The van der Waals surface area contributed by atoms with Gasteiger partial charge in [-0.2, -0.15) is 0 Å². The normalized spacial score (nSPS) is 11.6. The lowest BCUT2D eigenvalue weighted by atomic mass is 10.1. The quantitative estimate of drug-likeness (QED) is 0.455. The molecule has 0 fully saturated rings. The van der Waals surface area contributed by atoms with E-state index in [2.05, 4.69) is 41.2 Å². The molecule has 8 heteroatoms. The van der Waals surface area contributed by atoms with Crippen LogP contribution in [-0.2, 0) is 11.3 Å². The number of aryl methyl sites for hydroxylation is 2. The van der Waals surface area contributed by atoms with E-state index >= 15 is 0 Å². The lowest BCUT2D eigenvalue weighted by molar-refractivity contribution is -0.119. The van der Waals surface area contributed by atoms with Crippen LogP contribution in [0.4, 0.5) is 5.13 Å². The molecular weight excluding hydrogens is 396 g/mol. The summed E-state index contributed by atoms with van der Waals surface area (Å²) < 4.78 is 2.81. The van der Waals surface area contributed by atoms with E-state index < -0.39 is 0 Å². The summed E-state index contributed by atoms with van der Waals surface area (Å²) in [5, 5.41) is 9.10. The molecule has 7 nitrogen and oxygen atoms in total. The molecule has 2 aromatic carbocycles. The highest BCUT2D eigenvalue weighted by Crippen LogP contribution is 2.33. The molecule has 2 heterocycles. The van der Waals surface area contributed by atoms with Crippen LogP contribution in [-0.4, -0.2) is 58.0 Å². The summed E-state index contributed by atoms with van der Waals surface area (Å²) in [7, 11) is 4.08. The number of hydrogen-bond acceptors (Lipinski definition) is 6. The van der Waals surface area contributed by atoms with E-state index in [1.807, 2.05) is 43.3 Å². The molecule has 30 heavy (non-hydrogen) atoms. The van der Waals surface area contributed by atoms with Crippen LogP contribution in [0.1, 0.15) is 17.5 Å². The third-order valence-corrected chi connectivity index (χ3v) is 6.37. The molecule has 0 N–H and O–H groups in total. The van der Waals surface area contributed by atoms with E-state index in [9.17, 15) is 4.79 Å². The first kappa shape index (κ1) is 20.4. The Kier molecular flexibility index (Phi) is 5.78. The first-order chi connectivity index (χ1) is 14.4. The van der Waals surface area contributed by atoms with Crippen molar-refractivity contribution < 1.29 is 4.79 Å². The van der Waals surface area contributed by atoms with Crippen molar-refractivity contribution in [1.82, 2.24) is 24.9 Å². The van der Waals surface area contributed by atoms with Gasteiger partial charge >= 0.3 is 0 Å². The van der Waals surface area contributed by atoms with E-state index in [0.717, 1.165) is 44.9 Å². The molecule has 2 aromatic heterocycles. The highest BCUT2D eigenvalue weighted by atomic mass is 32.1. The standard InChI is InChI=1S/C22H26N6OS/c1-15-10-11-16(2)21-20(15)23-22(30-21)27(13-7-12-26(3)4)19(29)14-28-18-9-6-5-8-17(18)24-25-28/h5-6,8-11H,7,12-14H2,1-4H3. The van der Waals surface area contributed by atoms with Crippen molar-refractivity contribution in [2.45, 2.75) is 26.8 Å². The number of carbonyl (C=O) groups is 1. The molecule has 4 aromatic rings. The Morgan fingerprint density at radius 1 is 1.07 bits per heavy atom. The Bertz CT molecular complexity index is 1160. The van der Waals surface area contributed by atoms with Gasteiger partial charge in [0.15, 0.2) is 5.13 Å². The van der Waals surface area contributed by atoms with Crippen LogP contribution in [0.25, 0.3) is 21.3 Å². The van der Waals surface area contributed by atoms with Gasteiger partial charge in [-0.1, -0.05) is 40.8 Å². The minimum atomic E-state index is -0.0289. The lowest BCUT2D eigenvalue weighted by Gasteiger charge is -2.21. The average molecular weight is 423 g/mol. The highest BCUT2D eigenvalue weighted by molar-refractivity contribution is 7.22. The van der Waals surface area contributed by atoms with E-state index in [0.29, 0.717) is 6.54 Å². The fourth-order valence-electron chi connectivity index (χ4n) is 3.48. The topological polar surface area (TPSA) is 67.2 Å². The number of amides is 1. The van der Waals surface area contributed by atoms with Crippen LogP contribution >= 0.6 is 11.3 Å². The molecule has 0 aliphatic carbocycles. The molecular formula is C22H26N6OS. The van der Waals surface area contributed by atoms with Gasteiger partial charge in [-0.3, -0.25) is 9.69 Å². The predicted molar refractivity (Wildman–Crippen MR) is 122 cm³/mol. The fraction of sp³-hybridized carbons (Fsp3) is 0.364. The summed E-state index contributed by atoms with van der Waals surface area (Å²) in [5.41, 5.74) is 4.93. The van der Waals surface area contributed by atoms with E-state index in [1.54, 1.807) is 16.0 Å². The zero-order chi connectivity index (χ0) is 21.3. The summed E-state index contributed by atoms with van der Waals surface area (Å²) >= 11 is 1.58. The van der Waals surface area contributed by atoms with Crippen molar-refractivity contribution in [1.29, 1.82) is 0 Å². The average Bonchev–Trinajstić information content (AvgIpc) is 3.34. The van der Waals surface area contributed by atoms with Crippen molar-refractivity contribution in [3.8, 4) is 0 Å². The van der Waals surface area contributed by atoms with Crippen LogP contribution in [0, 0.1) is 13.8 Å². The number of anilines is 1. The monoisotopic (exact) mass is 422 g/mol. The minimum absolute atomic E-state index is 0.0289. The Morgan fingerprint density at radius 2 is 1.83 bits per heavy atom. The zero-order valence-electron chi connectivity index (χ0n) is 17.8. The number of thiazole rings is 1. The van der Waals surface area contributed by atoms with Crippen LogP contribution in [0.15, 0.2) is 36.4 Å². The molecule has 1 amide bonds. The van der Waals surface area contributed by atoms with Gasteiger partial charge in [0.1, 0.15) is 12.1 Å². The van der Waals surface area contributed by atoms with Gasteiger partial charge in [-0.25, -0.2) is 9.67 Å².